The average Bonchev–Trinajstić information content (AvgIpc) is 2.53. The van der Waals surface area contributed by atoms with E-state index in [0.717, 1.165) is 12.1 Å². The monoisotopic (exact) mass is 468 g/mol. The smallest absolute Gasteiger partial charge is 0.227 e. The number of aliphatic imine (C=N–C) groups is 1. The zero-order chi connectivity index (χ0) is 18.3. The maximum atomic E-state index is 13.3. The molecule has 1 rings (SSSR count). The van der Waals surface area contributed by atoms with E-state index in [0.29, 0.717) is 24.6 Å². The van der Waals surface area contributed by atoms with Gasteiger partial charge in [0.2, 0.25) is 5.91 Å². The van der Waals surface area contributed by atoms with E-state index in [-0.39, 0.29) is 35.9 Å². The molecular formula is C17H27F2IN4O. The van der Waals surface area contributed by atoms with Crippen LogP contribution in [0.1, 0.15) is 39.3 Å². The van der Waals surface area contributed by atoms with Gasteiger partial charge in [0, 0.05) is 20.1 Å². The van der Waals surface area contributed by atoms with Crippen LogP contribution >= 0.6 is 24.0 Å². The number of amides is 1. The molecule has 0 aliphatic rings. The minimum absolute atomic E-state index is 0. The average molecular weight is 468 g/mol. The van der Waals surface area contributed by atoms with Gasteiger partial charge in [-0.25, -0.2) is 8.78 Å². The van der Waals surface area contributed by atoms with Gasteiger partial charge in [-0.1, -0.05) is 6.07 Å². The van der Waals surface area contributed by atoms with E-state index in [9.17, 15) is 13.6 Å². The number of carbonyl (C=O) groups excluding carboxylic acids is 1. The molecule has 1 unspecified atom stereocenters. The number of halogens is 3. The molecule has 1 aromatic carbocycles. The second kappa shape index (κ2) is 10.5. The maximum Gasteiger partial charge on any atom is 0.227 e. The van der Waals surface area contributed by atoms with Crippen molar-refractivity contribution >= 4 is 35.8 Å². The number of rotatable bonds is 6. The molecule has 0 aliphatic carbocycles. The number of nitrogens with one attached hydrogen (secondary N) is 3. The molecule has 0 aromatic heterocycles. The maximum absolute atomic E-state index is 13.3. The van der Waals surface area contributed by atoms with Crippen molar-refractivity contribution < 1.29 is 13.6 Å². The summed E-state index contributed by atoms with van der Waals surface area (Å²) in [5.41, 5.74) is -0.0152. The summed E-state index contributed by atoms with van der Waals surface area (Å²) in [6, 6.07) is 3.48. The second-order valence-corrected chi connectivity index (χ2v) is 6.21. The largest absolute Gasteiger partial charge is 0.356 e. The fourth-order valence-corrected chi connectivity index (χ4v) is 2.05. The van der Waals surface area contributed by atoms with Crippen LogP contribution in [0.3, 0.4) is 0 Å². The minimum Gasteiger partial charge on any atom is -0.356 e. The Morgan fingerprint density at radius 1 is 1.24 bits per heavy atom. The Balaban J connectivity index is 0.00000576. The third-order valence-electron chi connectivity index (χ3n) is 3.67. The van der Waals surface area contributed by atoms with Crippen LogP contribution in [0.5, 0.6) is 0 Å². The first kappa shape index (κ1) is 23.5. The molecule has 0 saturated heterocycles. The third-order valence-corrected chi connectivity index (χ3v) is 3.67. The summed E-state index contributed by atoms with van der Waals surface area (Å²) in [6.07, 6.45) is 0. The Kier molecular flexibility index (Phi) is 9.91. The molecule has 0 heterocycles. The molecule has 142 valence electrons. The van der Waals surface area contributed by atoms with Crippen molar-refractivity contribution in [3.05, 3.63) is 35.4 Å². The van der Waals surface area contributed by atoms with Gasteiger partial charge in [0.05, 0.1) is 11.5 Å². The third kappa shape index (κ3) is 7.13. The van der Waals surface area contributed by atoms with Gasteiger partial charge in [-0.05, 0) is 45.4 Å². The van der Waals surface area contributed by atoms with E-state index in [2.05, 4.69) is 20.9 Å². The van der Waals surface area contributed by atoms with Crippen molar-refractivity contribution in [2.75, 3.05) is 20.1 Å². The highest BCUT2D eigenvalue weighted by Gasteiger charge is 2.27. The van der Waals surface area contributed by atoms with Gasteiger partial charge in [0.25, 0.3) is 0 Å². The number of hydrogen-bond donors (Lipinski definition) is 3. The number of guanidine groups is 1. The first-order chi connectivity index (χ1) is 11.2. The van der Waals surface area contributed by atoms with Crippen molar-refractivity contribution in [1.29, 1.82) is 0 Å². The van der Waals surface area contributed by atoms with Crippen LogP contribution in [0.15, 0.2) is 23.2 Å². The predicted molar refractivity (Wildman–Crippen MR) is 107 cm³/mol. The molecule has 0 fully saturated rings. The summed E-state index contributed by atoms with van der Waals surface area (Å²) >= 11 is 0. The van der Waals surface area contributed by atoms with Gasteiger partial charge in [-0.2, -0.15) is 0 Å². The van der Waals surface area contributed by atoms with E-state index in [4.69, 9.17) is 0 Å². The van der Waals surface area contributed by atoms with Crippen molar-refractivity contribution in [3.63, 3.8) is 0 Å². The molecule has 8 heteroatoms. The fraction of sp³-hybridized carbons (Fsp3) is 0.529. The van der Waals surface area contributed by atoms with Gasteiger partial charge in [0.1, 0.15) is 0 Å². The lowest BCUT2D eigenvalue weighted by atomic mass is 9.92. The Labute approximate surface area is 165 Å². The predicted octanol–water partition coefficient (Wildman–Crippen LogP) is 2.97. The van der Waals surface area contributed by atoms with E-state index < -0.39 is 17.0 Å². The summed E-state index contributed by atoms with van der Waals surface area (Å²) in [5, 5.41) is 8.97. The van der Waals surface area contributed by atoms with E-state index in [1.54, 1.807) is 7.05 Å². The molecular weight excluding hydrogens is 441 g/mol. The van der Waals surface area contributed by atoms with Gasteiger partial charge in [-0.15, -0.1) is 24.0 Å². The van der Waals surface area contributed by atoms with Crippen molar-refractivity contribution in [3.8, 4) is 0 Å². The molecule has 25 heavy (non-hydrogen) atoms. The summed E-state index contributed by atoms with van der Waals surface area (Å²) in [6.45, 7) is 8.29. The lowest BCUT2D eigenvalue weighted by Gasteiger charge is -2.26. The fourth-order valence-electron chi connectivity index (χ4n) is 2.05. The first-order valence-corrected chi connectivity index (χ1v) is 7.91. The Morgan fingerprint density at radius 3 is 2.40 bits per heavy atom. The van der Waals surface area contributed by atoms with E-state index >= 15 is 0 Å². The molecule has 1 atom stereocenters. The van der Waals surface area contributed by atoms with Crippen molar-refractivity contribution in [1.82, 2.24) is 16.0 Å². The second-order valence-electron chi connectivity index (χ2n) is 6.21. The lowest BCUT2D eigenvalue weighted by Crippen LogP contribution is -2.48. The van der Waals surface area contributed by atoms with E-state index in [1.165, 1.54) is 6.07 Å². The van der Waals surface area contributed by atoms with Crippen molar-refractivity contribution in [2.24, 2.45) is 10.4 Å². The molecule has 0 aliphatic heterocycles. The van der Waals surface area contributed by atoms with Crippen LogP contribution in [-0.2, 0) is 4.79 Å². The standard InChI is InChI=1S/C17H26F2N4O.HI/c1-6-21-15(24)17(3,4)10-22-16(20-5)23-11(2)12-7-8-13(18)14(19)9-12;/h7-9,11H,6,10H2,1-5H3,(H,21,24)(H2,20,22,23);1H. The quantitative estimate of drug-likeness (QED) is 0.342. The molecule has 1 aromatic rings. The highest BCUT2D eigenvalue weighted by molar-refractivity contribution is 14.0. The molecule has 0 radical (unpaired) electrons. The molecule has 0 saturated carbocycles. The Morgan fingerprint density at radius 2 is 1.88 bits per heavy atom. The van der Waals surface area contributed by atoms with Crippen LogP contribution in [0.2, 0.25) is 0 Å². The number of benzene rings is 1. The van der Waals surface area contributed by atoms with Crippen molar-refractivity contribution in [2.45, 2.75) is 33.7 Å². The highest BCUT2D eigenvalue weighted by Crippen LogP contribution is 2.16. The number of nitrogens with zero attached hydrogens (tertiary/aromatic N) is 1. The van der Waals surface area contributed by atoms with Gasteiger partial charge in [-0.3, -0.25) is 9.79 Å². The molecule has 0 bridgehead atoms. The van der Waals surface area contributed by atoms with E-state index in [1.807, 2.05) is 27.7 Å². The lowest BCUT2D eigenvalue weighted by molar-refractivity contribution is -0.128. The van der Waals surface area contributed by atoms with Crippen LogP contribution < -0.4 is 16.0 Å². The number of hydrogen-bond acceptors (Lipinski definition) is 2. The Hall–Kier alpha value is -1.45. The van der Waals surface area contributed by atoms with Crippen LogP contribution in [0.4, 0.5) is 8.78 Å². The van der Waals surface area contributed by atoms with Gasteiger partial charge >= 0.3 is 0 Å². The van der Waals surface area contributed by atoms with Crippen LogP contribution in [0.25, 0.3) is 0 Å². The van der Waals surface area contributed by atoms with Gasteiger partial charge in [0.15, 0.2) is 17.6 Å². The summed E-state index contributed by atoms with van der Waals surface area (Å²) < 4.78 is 26.3. The summed E-state index contributed by atoms with van der Waals surface area (Å²) in [5.74, 6) is -1.34. The zero-order valence-electron chi connectivity index (χ0n) is 15.2. The van der Waals surface area contributed by atoms with Crippen LogP contribution in [0, 0.1) is 17.0 Å². The molecule has 1 amide bonds. The Bertz CT molecular complexity index is 608. The molecule has 3 N–H and O–H groups in total. The minimum atomic E-state index is -0.888. The van der Waals surface area contributed by atoms with Crippen LogP contribution in [-0.4, -0.2) is 32.0 Å². The zero-order valence-corrected chi connectivity index (χ0v) is 17.6. The van der Waals surface area contributed by atoms with Gasteiger partial charge < -0.3 is 16.0 Å². The first-order valence-electron chi connectivity index (χ1n) is 7.91. The molecule has 5 nitrogen and oxygen atoms in total. The topological polar surface area (TPSA) is 65.5 Å². The normalized spacial score (nSPS) is 12.8. The highest BCUT2D eigenvalue weighted by atomic mass is 127. The molecule has 0 spiro atoms. The summed E-state index contributed by atoms with van der Waals surface area (Å²) in [7, 11) is 1.60. The number of carbonyl (C=O) groups is 1. The summed E-state index contributed by atoms with van der Waals surface area (Å²) in [4.78, 5) is 16.1. The SMILES string of the molecule is CCNC(=O)C(C)(C)CNC(=NC)NC(C)c1ccc(F)c(F)c1.I.